The Kier molecular flexibility index (Phi) is 3.15. The van der Waals surface area contributed by atoms with Crippen LogP contribution in [0.15, 0.2) is 23.3 Å². The average molecular weight is 226 g/mol. The second-order valence-corrected chi connectivity index (χ2v) is 3.38. The highest BCUT2D eigenvalue weighted by Gasteiger charge is 2.00. The van der Waals surface area contributed by atoms with Crippen molar-refractivity contribution in [3.8, 4) is 11.8 Å². The van der Waals surface area contributed by atoms with E-state index in [1.165, 1.54) is 0 Å². The van der Waals surface area contributed by atoms with E-state index >= 15 is 0 Å². The van der Waals surface area contributed by atoms with Gasteiger partial charge in [-0.2, -0.15) is 5.10 Å². The highest BCUT2D eigenvalue weighted by Crippen LogP contribution is 2.18. The molecule has 6 heteroatoms. The van der Waals surface area contributed by atoms with E-state index in [0.717, 1.165) is 16.5 Å². The molecule has 2 aromatic rings. The Morgan fingerprint density at radius 1 is 1.53 bits per heavy atom. The van der Waals surface area contributed by atoms with Gasteiger partial charge in [0.2, 0.25) is 0 Å². The van der Waals surface area contributed by atoms with Crippen molar-refractivity contribution in [3.05, 3.63) is 34.2 Å². The topological polar surface area (TPSA) is 103 Å². The molecule has 0 saturated carbocycles. The van der Waals surface area contributed by atoms with E-state index in [1.807, 2.05) is 18.2 Å². The van der Waals surface area contributed by atoms with Crippen LogP contribution in [0.25, 0.3) is 21.3 Å². The van der Waals surface area contributed by atoms with Crippen LogP contribution in [-0.2, 0) is 0 Å². The van der Waals surface area contributed by atoms with Crippen molar-refractivity contribution in [2.45, 2.75) is 6.42 Å². The molecule has 6 nitrogen and oxygen atoms in total. The van der Waals surface area contributed by atoms with Crippen molar-refractivity contribution in [2.75, 3.05) is 12.3 Å². The zero-order chi connectivity index (χ0) is 12.1. The van der Waals surface area contributed by atoms with Crippen molar-refractivity contribution in [3.63, 3.8) is 0 Å². The van der Waals surface area contributed by atoms with Crippen LogP contribution in [-0.4, -0.2) is 16.7 Å². The number of nitrogen functional groups attached to an aromatic ring is 1. The minimum atomic E-state index is 0.392. The fourth-order valence-corrected chi connectivity index (χ4v) is 1.43. The van der Waals surface area contributed by atoms with Crippen LogP contribution < -0.4 is 5.73 Å². The van der Waals surface area contributed by atoms with Gasteiger partial charge in [0.05, 0.1) is 5.52 Å². The molecule has 0 radical (unpaired) electrons. The van der Waals surface area contributed by atoms with E-state index in [0.29, 0.717) is 18.8 Å². The lowest BCUT2D eigenvalue weighted by molar-refractivity contribution is 1.01. The Labute approximate surface area is 97.4 Å². The number of azide groups is 1. The van der Waals surface area contributed by atoms with Gasteiger partial charge in [0, 0.05) is 28.8 Å². The number of H-pyrrole nitrogens is 1. The van der Waals surface area contributed by atoms with Crippen LogP contribution in [0.2, 0.25) is 0 Å². The van der Waals surface area contributed by atoms with Gasteiger partial charge in [0.25, 0.3) is 0 Å². The van der Waals surface area contributed by atoms with Gasteiger partial charge in [0.15, 0.2) is 5.82 Å². The summed E-state index contributed by atoms with van der Waals surface area (Å²) >= 11 is 0. The molecule has 0 amide bonds. The van der Waals surface area contributed by atoms with Crippen molar-refractivity contribution >= 4 is 16.7 Å². The van der Waals surface area contributed by atoms with Crippen LogP contribution in [0.5, 0.6) is 0 Å². The van der Waals surface area contributed by atoms with Crippen LogP contribution in [0.1, 0.15) is 12.0 Å². The molecular weight excluding hydrogens is 216 g/mol. The third-order valence-corrected chi connectivity index (χ3v) is 2.23. The number of hydrogen-bond donors (Lipinski definition) is 2. The van der Waals surface area contributed by atoms with E-state index < -0.39 is 0 Å². The summed E-state index contributed by atoms with van der Waals surface area (Å²) in [5, 5.41) is 11.0. The molecule has 0 unspecified atom stereocenters. The Morgan fingerprint density at radius 3 is 3.24 bits per heavy atom. The molecule has 0 aliphatic heterocycles. The number of rotatable bonds is 2. The largest absolute Gasteiger partial charge is 0.382 e. The molecule has 0 aliphatic rings. The summed E-state index contributed by atoms with van der Waals surface area (Å²) in [5.41, 5.74) is 15.5. The maximum Gasteiger partial charge on any atom is 0.153 e. The minimum absolute atomic E-state index is 0.392. The third kappa shape index (κ3) is 2.48. The smallest absolute Gasteiger partial charge is 0.153 e. The van der Waals surface area contributed by atoms with Gasteiger partial charge in [-0.25, -0.2) is 0 Å². The number of hydrogen-bond acceptors (Lipinski definition) is 3. The summed E-state index contributed by atoms with van der Waals surface area (Å²) in [6, 6.07) is 5.65. The number of nitrogens with one attached hydrogen (secondary N) is 1. The SMILES string of the molecule is [N-]=[N+]=NCCC#Cc1ccc2c(N)n[nH]c2c1. The van der Waals surface area contributed by atoms with E-state index in [9.17, 15) is 0 Å². The zero-order valence-corrected chi connectivity index (χ0v) is 9.01. The van der Waals surface area contributed by atoms with E-state index in [1.54, 1.807) is 0 Å². The summed E-state index contributed by atoms with van der Waals surface area (Å²) in [5.74, 6) is 6.40. The molecular formula is C11H10N6. The number of nitrogens with two attached hydrogens (primary N) is 1. The fraction of sp³-hybridized carbons (Fsp3) is 0.182. The molecule has 0 bridgehead atoms. The lowest BCUT2D eigenvalue weighted by atomic mass is 10.1. The summed E-state index contributed by atoms with van der Waals surface area (Å²) in [7, 11) is 0. The number of fused-ring (bicyclic) bond motifs is 1. The molecule has 17 heavy (non-hydrogen) atoms. The molecule has 0 spiro atoms. The first kappa shape index (κ1) is 10.9. The molecule has 1 aromatic carbocycles. The molecule has 1 heterocycles. The lowest BCUT2D eigenvalue weighted by Crippen LogP contribution is -1.83. The van der Waals surface area contributed by atoms with Crippen molar-refractivity contribution in [1.29, 1.82) is 0 Å². The average Bonchev–Trinajstić information content (AvgIpc) is 2.71. The van der Waals surface area contributed by atoms with Crippen molar-refractivity contribution in [1.82, 2.24) is 10.2 Å². The maximum atomic E-state index is 8.09. The summed E-state index contributed by atoms with van der Waals surface area (Å²) in [4.78, 5) is 2.65. The Balaban J connectivity index is 2.16. The lowest BCUT2D eigenvalue weighted by Gasteiger charge is -1.91. The minimum Gasteiger partial charge on any atom is -0.382 e. The van der Waals surface area contributed by atoms with Crippen molar-refractivity contribution in [2.24, 2.45) is 5.11 Å². The zero-order valence-electron chi connectivity index (χ0n) is 9.01. The predicted octanol–water partition coefficient (Wildman–Crippen LogP) is 2.20. The van der Waals surface area contributed by atoms with Gasteiger partial charge in [-0.05, 0) is 23.7 Å². The predicted molar refractivity (Wildman–Crippen MR) is 66.0 cm³/mol. The van der Waals surface area contributed by atoms with Gasteiger partial charge in [-0.1, -0.05) is 17.0 Å². The highest BCUT2D eigenvalue weighted by atomic mass is 15.1. The van der Waals surface area contributed by atoms with Crippen LogP contribution >= 0.6 is 0 Å². The standard InChI is InChI=1S/C11H10N6/c12-11-9-5-4-8(7-10(9)15-16-11)3-1-2-6-14-17-13/h4-5,7H,2,6H2,(H3,12,15,16). The number of aromatic nitrogens is 2. The first-order valence-electron chi connectivity index (χ1n) is 5.04. The molecule has 3 N–H and O–H groups in total. The Hall–Kier alpha value is -2.64. The molecule has 84 valence electrons. The highest BCUT2D eigenvalue weighted by molar-refractivity contribution is 5.89. The summed E-state index contributed by atoms with van der Waals surface area (Å²) in [6.07, 6.45) is 0.549. The number of aromatic amines is 1. The Morgan fingerprint density at radius 2 is 2.41 bits per heavy atom. The summed E-state index contributed by atoms with van der Waals surface area (Å²) in [6.45, 7) is 0.392. The van der Waals surface area contributed by atoms with E-state index in [4.69, 9.17) is 11.3 Å². The van der Waals surface area contributed by atoms with Gasteiger partial charge >= 0.3 is 0 Å². The molecule has 0 fully saturated rings. The number of benzene rings is 1. The molecule has 1 aromatic heterocycles. The van der Waals surface area contributed by atoms with Crippen molar-refractivity contribution < 1.29 is 0 Å². The Bertz CT molecular complexity index is 639. The van der Waals surface area contributed by atoms with E-state index in [2.05, 4.69) is 32.1 Å². The molecule has 0 aliphatic carbocycles. The number of nitrogens with zero attached hydrogens (tertiary/aromatic N) is 4. The van der Waals surface area contributed by atoms with Crippen LogP contribution in [0.3, 0.4) is 0 Å². The molecule has 2 rings (SSSR count). The van der Waals surface area contributed by atoms with Crippen LogP contribution in [0, 0.1) is 11.8 Å². The quantitative estimate of drug-likeness (QED) is 0.269. The maximum absolute atomic E-state index is 8.09. The second kappa shape index (κ2) is 4.92. The van der Waals surface area contributed by atoms with Gasteiger partial charge in [0.1, 0.15) is 0 Å². The monoisotopic (exact) mass is 226 g/mol. The molecule has 0 atom stereocenters. The number of anilines is 1. The van der Waals surface area contributed by atoms with Gasteiger partial charge < -0.3 is 5.73 Å². The third-order valence-electron chi connectivity index (χ3n) is 2.23. The van der Waals surface area contributed by atoms with Gasteiger partial charge in [-0.3, -0.25) is 5.10 Å². The fourth-order valence-electron chi connectivity index (χ4n) is 1.43. The van der Waals surface area contributed by atoms with Crippen LogP contribution in [0.4, 0.5) is 5.82 Å². The van der Waals surface area contributed by atoms with E-state index in [-0.39, 0.29) is 0 Å². The normalized spacial score (nSPS) is 9.41. The first-order valence-corrected chi connectivity index (χ1v) is 5.04. The first-order chi connectivity index (χ1) is 8.31. The van der Waals surface area contributed by atoms with Gasteiger partial charge in [-0.15, -0.1) is 0 Å². The second-order valence-electron chi connectivity index (χ2n) is 3.38. The molecule has 0 saturated heterocycles. The summed E-state index contributed by atoms with van der Waals surface area (Å²) < 4.78 is 0.